The molecule has 17 heteroatoms. The Morgan fingerprint density at radius 3 is 1.25 bits per heavy atom. The number of fused-ring (bicyclic) bond motifs is 13. The highest BCUT2D eigenvalue weighted by atomic mass is 79.9. The Hall–Kier alpha value is -12.5. The van der Waals surface area contributed by atoms with Crippen LogP contribution in [0.2, 0.25) is 0 Å². The van der Waals surface area contributed by atoms with Gasteiger partial charge in [0.05, 0.1) is 73.3 Å². The van der Waals surface area contributed by atoms with E-state index in [9.17, 15) is 0 Å². The first-order valence-electron chi connectivity index (χ1n) is 34.8. The Morgan fingerprint density at radius 2 is 0.676 bits per heavy atom. The van der Waals surface area contributed by atoms with E-state index in [1.807, 2.05) is 139 Å². The van der Waals surface area contributed by atoms with Gasteiger partial charge in [-0.1, -0.05) is 197 Å². The summed E-state index contributed by atoms with van der Waals surface area (Å²) in [5.74, 6) is 0.615. The summed E-state index contributed by atoms with van der Waals surface area (Å²) >= 11 is 14.4. The molecule has 21 rings (SSSR count). The Morgan fingerprint density at radius 1 is 0.231 bits per heavy atom. The molecule has 514 valence electrons. The molecular formula is C91H57Br4N13. The van der Waals surface area contributed by atoms with Crippen LogP contribution in [-0.2, 0) is 0 Å². The summed E-state index contributed by atoms with van der Waals surface area (Å²) in [5.41, 5.74) is 20.3. The molecule has 0 fully saturated rings. The lowest BCUT2D eigenvalue weighted by Gasteiger charge is -2.11. The quantitative estimate of drug-likeness (QED) is 0.146. The van der Waals surface area contributed by atoms with Crippen LogP contribution in [0.25, 0.3) is 167 Å². The van der Waals surface area contributed by atoms with Gasteiger partial charge in [0.1, 0.15) is 11.3 Å². The minimum Gasteiger partial charge on any atom is -0.309 e. The molecule has 0 aliphatic heterocycles. The van der Waals surface area contributed by atoms with Crippen LogP contribution in [0.4, 0.5) is 0 Å². The van der Waals surface area contributed by atoms with Crippen molar-refractivity contribution in [2.75, 3.05) is 0 Å². The molecule has 0 unspecified atom stereocenters. The van der Waals surface area contributed by atoms with Crippen molar-refractivity contribution in [1.29, 1.82) is 0 Å². The van der Waals surface area contributed by atoms with Crippen LogP contribution in [0.1, 0.15) is 0 Å². The largest absolute Gasteiger partial charge is 0.309 e. The molecule has 21 aromatic rings. The molecular weight excluding hydrogens is 1590 g/mol. The number of nitrogens with zero attached hydrogens (tertiary/aromatic N) is 13. The van der Waals surface area contributed by atoms with E-state index in [0.717, 1.165) is 135 Å². The van der Waals surface area contributed by atoms with E-state index < -0.39 is 0 Å². The predicted molar refractivity (Wildman–Crippen MR) is 453 cm³/mol. The van der Waals surface area contributed by atoms with E-state index in [1.54, 1.807) is 12.4 Å². The predicted octanol–water partition coefficient (Wildman–Crippen LogP) is 24.6. The molecule has 12 aromatic heterocycles. The van der Waals surface area contributed by atoms with Gasteiger partial charge in [0.2, 0.25) is 5.95 Å². The molecule has 0 N–H and O–H groups in total. The lowest BCUT2D eigenvalue weighted by Crippen LogP contribution is -2.04. The SMILES string of the molecule is Brc1ccc2c3cccnc3n(-c3ccc(-c4cc(-c5ccccn5)nc(-c5ccccn5)c4)cc3)c2c1.Brc1ccc2c3cccnc3n(-c3nc(-c4ccccc4)c4ccccc4n3)c2c1.Brc1ccc2c3ccncc3n(-c3ccccc3)c2c1.Brc1ccc2c3cnccc3n(-c3ccccc3)c2c1. The van der Waals surface area contributed by atoms with Gasteiger partial charge in [-0.05, 0) is 175 Å². The van der Waals surface area contributed by atoms with Crippen molar-refractivity contribution < 1.29 is 0 Å². The maximum absolute atomic E-state index is 5.04. The molecule has 0 bridgehead atoms. The van der Waals surface area contributed by atoms with Crippen molar-refractivity contribution in [2.24, 2.45) is 0 Å². The first-order chi connectivity index (χ1) is 53.2. The van der Waals surface area contributed by atoms with E-state index in [0.29, 0.717) is 5.95 Å². The van der Waals surface area contributed by atoms with Crippen LogP contribution in [0.3, 0.4) is 0 Å². The monoisotopic (exact) mass is 1650 g/mol. The third-order valence-corrected chi connectivity index (χ3v) is 21.0. The van der Waals surface area contributed by atoms with Crippen LogP contribution >= 0.6 is 63.7 Å². The zero-order chi connectivity index (χ0) is 72.6. The molecule has 0 radical (unpaired) electrons. The molecule has 0 atom stereocenters. The number of aromatic nitrogens is 13. The third kappa shape index (κ3) is 13.0. The highest BCUT2D eigenvalue weighted by molar-refractivity contribution is 9.11. The molecule has 108 heavy (non-hydrogen) atoms. The summed E-state index contributed by atoms with van der Waals surface area (Å²) in [6.45, 7) is 0. The van der Waals surface area contributed by atoms with Gasteiger partial charge >= 0.3 is 0 Å². The second kappa shape index (κ2) is 29.4. The van der Waals surface area contributed by atoms with Gasteiger partial charge in [0.15, 0.2) is 0 Å². The van der Waals surface area contributed by atoms with E-state index in [4.69, 9.17) is 19.9 Å². The zero-order valence-electron chi connectivity index (χ0n) is 57.2. The van der Waals surface area contributed by atoms with Crippen LogP contribution in [-0.4, -0.2) is 63.1 Å². The van der Waals surface area contributed by atoms with Crippen LogP contribution in [0.15, 0.2) is 365 Å². The van der Waals surface area contributed by atoms with Gasteiger partial charge in [0, 0.05) is 132 Å². The van der Waals surface area contributed by atoms with E-state index in [2.05, 4.69) is 303 Å². The fraction of sp³-hybridized carbons (Fsp3) is 0. The van der Waals surface area contributed by atoms with E-state index >= 15 is 0 Å². The maximum atomic E-state index is 5.04. The van der Waals surface area contributed by atoms with Crippen molar-refractivity contribution in [1.82, 2.24) is 63.1 Å². The number of pyridine rings is 7. The number of halogens is 4. The Labute approximate surface area is 652 Å². The molecule has 0 aliphatic carbocycles. The van der Waals surface area contributed by atoms with Crippen molar-refractivity contribution in [3.05, 3.63) is 365 Å². The van der Waals surface area contributed by atoms with Gasteiger partial charge in [-0.15, -0.1) is 0 Å². The Kier molecular flexibility index (Phi) is 18.4. The third-order valence-electron chi connectivity index (χ3n) is 19.0. The summed E-state index contributed by atoms with van der Waals surface area (Å²) in [7, 11) is 0. The van der Waals surface area contributed by atoms with Crippen LogP contribution in [0.5, 0.6) is 0 Å². The smallest absolute Gasteiger partial charge is 0.237 e. The normalized spacial score (nSPS) is 11.3. The Balaban J connectivity index is 0.000000105. The van der Waals surface area contributed by atoms with Crippen LogP contribution in [0, 0.1) is 0 Å². The maximum Gasteiger partial charge on any atom is 0.237 e. The van der Waals surface area contributed by atoms with Crippen molar-refractivity contribution in [3.63, 3.8) is 0 Å². The van der Waals surface area contributed by atoms with Crippen molar-refractivity contribution in [3.8, 4) is 68.2 Å². The topological polar surface area (TPSA) is 136 Å². The fourth-order valence-corrected chi connectivity index (χ4v) is 15.7. The van der Waals surface area contributed by atoms with Crippen molar-refractivity contribution >= 4 is 162 Å². The van der Waals surface area contributed by atoms with Gasteiger partial charge in [-0.3, -0.25) is 29.1 Å². The van der Waals surface area contributed by atoms with Crippen molar-refractivity contribution in [2.45, 2.75) is 0 Å². The second-order valence-electron chi connectivity index (χ2n) is 25.6. The molecule has 0 spiro atoms. The molecule has 0 aliphatic rings. The molecule has 12 heterocycles. The number of para-hydroxylation sites is 3. The summed E-state index contributed by atoms with van der Waals surface area (Å²) in [6.07, 6.45) is 14.8. The summed E-state index contributed by atoms with van der Waals surface area (Å²) in [5, 5.41) is 10.4. The first kappa shape index (κ1) is 67.4. The van der Waals surface area contributed by atoms with E-state index in [-0.39, 0.29) is 0 Å². The average molecular weight is 1650 g/mol. The first-order valence-corrected chi connectivity index (χ1v) is 38.0. The van der Waals surface area contributed by atoms with Gasteiger partial charge in [0.25, 0.3) is 0 Å². The lowest BCUT2D eigenvalue weighted by atomic mass is 10.0. The molecule has 0 saturated heterocycles. The number of hydrogen-bond acceptors (Lipinski definition) is 9. The molecule has 9 aromatic carbocycles. The van der Waals surface area contributed by atoms with Gasteiger partial charge in [-0.25, -0.2) is 24.9 Å². The Bertz CT molecular complexity index is 6700. The van der Waals surface area contributed by atoms with Crippen LogP contribution < -0.4 is 0 Å². The lowest BCUT2D eigenvalue weighted by molar-refractivity contribution is 0.997. The minimum atomic E-state index is 0.615. The number of benzene rings is 9. The molecule has 13 nitrogen and oxygen atoms in total. The fourth-order valence-electron chi connectivity index (χ4n) is 14.3. The summed E-state index contributed by atoms with van der Waals surface area (Å²) < 4.78 is 13.0. The summed E-state index contributed by atoms with van der Waals surface area (Å²) in [6, 6.07) is 101. The highest BCUT2D eigenvalue weighted by Gasteiger charge is 2.21. The number of rotatable bonds is 8. The minimum absolute atomic E-state index is 0.615. The number of hydrogen-bond donors (Lipinski definition) is 0. The highest BCUT2D eigenvalue weighted by Crippen LogP contribution is 2.39. The zero-order valence-corrected chi connectivity index (χ0v) is 63.6. The van der Waals surface area contributed by atoms with Gasteiger partial charge < -0.3 is 9.13 Å². The standard InChI is InChI=1S/C32H20BrN5.C25H15BrN4.2C17H11BrN2/c33-23-11-14-25-26-6-5-17-36-32(26)38(31(25)20-23)24-12-9-21(10-13-24)22-18-29(27-7-1-3-15-34-27)37-30(19-22)28-8-2-4-16-35-28;26-17-12-13-18-19-10-6-14-27-24(19)30(22(18)15-17)25-28-21-11-5-4-9-20(21)23(29-25)16-7-2-1-3-8-16;18-12-6-7-14-15-11-19-9-8-16(15)20(17(14)10-12)13-4-2-1-3-5-13;18-12-6-7-14-15-8-9-19-11-17(15)20(16(14)10-12)13-4-2-1-3-5-13/h1-20H;1-15H;2*1-11H. The average Bonchev–Trinajstić information content (AvgIpc) is 1.66. The molecule has 0 saturated carbocycles. The second-order valence-corrected chi connectivity index (χ2v) is 29.2. The molecule has 0 amide bonds. The van der Waals surface area contributed by atoms with Gasteiger partial charge in [-0.2, -0.15) is 0 Å². The summed E-state index contributed by atoms with van der Waals surface area (Å²) in [4.78, 5) is 41.9. The van der Waals surface area contributed by atoms with E-state index in [1.165, 1.54) is 43.5 Å².